The first-order chi connectivity index (χ1) is 7.63. The molecule has 0 unspecified atom stereocenters. The summed E-state index contributed by atoms with van der Waals surface area (Å²) in [4.78, 5) is 10.2. The average molecular weight is 270 g/mol. The van der Waals surface area contributed by atoms with E-state index in [0.29, 0.717) is 6.42 Å². The van der Waals surface area contributed by atoms with E-state index in [1.807, 2.05) is 0 Å². The summed E-state index contributed by atoms with van der Waals surface area (Å²) >= 11 is 0. The number of halogens is 3. The molecule has 0 aliphatic rings. The van der Waals surface area contributed by atoms with Gasteiger partial charge in [-0.3, -0.25) is 4.79 Å². The molecule has 0 aromatic heterocycles. The van der Waals surface area contributed by atoms with Gasteiger partial charge in [-0.05, 0) is 25.3 Å². The van der Waals surface area contributed by atoms with E-state index < -0.39 is 12.0 Å². The third kappa shape index (κ3) is 17.9. The minimum atomic E-state index is -1.59. The van der Waals surface area contributed by atoms with Crippen LogP contribution in [0.3, 0.4) is 0 Å². The van der Waals surface area contributed by atoms with Gasteiger partial charge in [0.05, 0.1) is 0 Å². The maximum atomic E-state index is 11.6. The van der Waals surface area contributed by atoms with Crippen LogP contribution in [0.15, 0.2) is 12.2 Å². The molecule has 17 heavy (non-hydrogen) atoms. The van der Waals surface area contributed by atoms with Crippen LogP contribution in [0.1, 0.15) is 57.8 Å². The van der Waals surface area contributed by atoms with Gasteiger partial charge in [0.25, 0.3) is 6.08 Å². The van der Waals surface area contributed by atoms with Gasteiger partial charge >= 0.3 is 5.97 Å². The van der Waals surface area contributed by atoms with Crippen molar-refractivity contribution < 1.29 is 31.1 Å². The van der Waals surface area contributed by atoms with E-state index in [9.17, 15) is 13.6 Å². The van der Waals surface area contributed by atoms with Gasteiger partial charge in [-0.25, -0.2) is 0 Å². The molecule has 0 saturated carbocycles. The third-order valence-corrected chi connectivity index (χ3v) is 2.39. The molecule has 0 atom stereocenters. The lowest BCUT2D eigenvalue weighted by Crippen LogP contribution is -3.00. The third-order valence-electron chi connectivity index (χ3n) is 2.39. The fraction of sp³-hybridized carbons (Fsp3) is 0.750. The van der Waals surface area contributed by atoms with Crippen molar-refractivity contribution in [1.82, 2.24) is 0 Å². The number of carboxylic acid groups (broad SMARTS) is 1. The molecule has 0 amide bonds. The quantitative estimate of drug-likeness (QED) is 0.608. The van der Waals surface area contributed by atoms with Crippen molar-refractivity contribution in [3.05, 3.63) is 12.2 Å². The second-order valence-electron chi connectivity index (χ2n) is 3.90. The van der Waals surface area contributed by atoms with E-state index >= 15 is 0 Å². The Morgan fingerprint density at radius 1 is 0.941 bits per heavy atom. The number of unbranched alkanes of at least 4 members (excludes halogenated alkanes) is 7. The Labute approximate surface area is 108 Å². The molecule has 0 radical (unpaired) electrons. The lowest BCUT2D eigenvalue weighted by Gasteiger charge is -1.99. The molecule has 2 nitrogen and oxygen atoms in total. The van der Waals surface area contributed by atoms with Gasteiger partial charge < -0.3 is 17.5 Å². The van der Waals surface area contributed by atoms with Crippen LogP contribution in [0.5, 0.6) is 0 Å². The van der Waals surface area contributed by atoms with Gasteiger partial charge in [0, 0.05) is 6.42 Å². The molecule has 0 aromatic rings. The standard InChI is InChI=1S/C12H20F2O2.ClH/c13-11(14)9-7-5-3-1-2-4-6-8-10-12(15)16;/h9H,1-8,10H2,(H,15,16);1H/p-1. The van der Waals surface area contributed by atoms with Crippen molar-refractivity contribution in [2.75, 3.05) is 0 Å². The second-order valence-corrected chi connectivity index (χ2v) is 3.90. The monoisotopic (exact) mass is 269 g/mol. The molecule has 0 aromatic carbocycles. The van der Waals surface area contributed by atoms with Crippen LogP contribution in [0.25, 0.3) is 0 Å². The normalized spacial score (nSPS) is 9.53. The minimum absolute atomic E-state index is 0. The van der Waals surface area contributed by atoms with Gasteiger partial charge in [-0.2, -0.15) is 8.78 Å². The van der Waals surface area contributed by atoms with Gasteiger partial charge in [-0.1, -0.05) is 32.1 Å². The van der Waals surface area contributed by atoms with Crippen molar-refractivity contribution in [3.8, 4) is 0 Å². The summed E-state index contributed by atoms with van der Waals surface area (Å²) in [6, 6.07) is 0. The largest absolute Gasteiger partial charge is 1.00 e. The molecule has 0 aliphatic heterocycles. The van der Waals surface area contributed by atoms with E-state index in [1.165, 1.54) is 0 Å². The van der Waals surface area contributed by atoms with Crippen LogP contribution >= 0.6 is 0 Å². The molecule has 0 saturated heterocycles. The molecule has 5 heteroatoms. The van der Waals surface area contributed by atoms with Crippen LogP contribution in [-0.2, 0) is 4.79 Å². The van der Waals surface area contributed by atoms with Crippen LogP contribution in [0.4, 0.5) is 8.78 Å². The summed E-state index contributed by atoms with van der Waals surface area (Å²) in [5, 5.41) is 8.39. The zero-order valence-electron chi connectivity index (χ0n) is 9.93. The van der Waals surface area contributed by atoms with E-state index in [1.54, 1.807) is 0 Å². The SMILES string of the molecule is O=C(O)CCCCCCCCCC=C(F)F.[Cl-]. The summed E-state index contributed by atoms with van der Waals surface area (Å²) in [6.07, 6.45) is 6.73. The van der Waals surface area contributed by atoms with E-state index in [2.05, 4.69) is 0 Å². The van der Waals surface area contributed by atoms with E-state index in [4.69, 9.17) is 5.11 Å². The zero-order valence-corrected chi connectivity index (χ0v) is 10.7. The van der Waals surface area contributed by atoms with Crippen molar-refractivity contribution in [2.24, 2.45) is 0 Å². The Bertz CT molecular complexity index is 217. The molecule has 0 aliphatic carbocycles. The lowest BCUT2D eigenvalue weighted by molar-refractivity contribution is -0.137. The molecular weight excluding hydrogens is 250 g/mol. The van der Waals surface area contributed by atoms with E-state index in [0.717, 1.165) is 51.0 Å². The number of aliphatic carboxylic acids is 1. The van der Waals surface area contributed by atoms with Crippen molar-refractivity contribution >= 4 is 5.97 Å². The van der Waals surface area contributed by atoms with Gasteiger partial charge in [0.1, 0.15) is 0 Å². The topological polar surface area (TPSA) is 37.3 Å². The predicted molar refractivity (Wildman–Crippen MR) is 59.5 cm³/mol. The van der Waals surface area contributed by atoms with Crippen LogP contribution in [-0.4, -0.2) is 11.1 Å². The molecule has 0 rings (SSSR count). The Hall–Kier alpha value is -0.640. The highest BCUT2D eigenvalue weighted by atomic mass is 35.5. The minimum Gasteiger partial charge on any atom is -1.00 e. The summed E-state index contributed by atoms with van der Waals surface area (Å²) in [5.74, 6) is -0.736. The fourth-order valence-electron chi connectivity index (χ4n) is 1.52. The number of hydrogen-bond acceptors (Lipinski definition) is 1. The molecule has 1 N–H and O–H groups in total. The Balaban J connectivity index is 0. The van der Waals surface area contributed by atoms with Gasteiger partial charge in [0.2, 0.25) is 0 Å². The highest BCUT2D eigenvalue weighted by molar-refractivity contribution is 5.66. The summed E-state index contributed by atoms with van der Waals surface area (Å²) in [7, 11) is 0. The maximum Gasteiger partial charge on any atom is 0.303 e. The van der Waals surface area contributed by atoms with Crippen LogP contribution < -0.4 is 12.4 Å². The highest BCUT2D eigenvalue weighted by Crippen LogP contribution is 2.11. The maximum absolute atomic E-state index is 11.6. The first kappa shape index (κ1) is 18.7. The predicted octanol–water partition coefficient (Wildman–Crippen LogP) is 1.37. The first-order valence-electron chi connectivity index (χ1n) is 5.86. The average Bonchev–Trinajstić information content (AvgIpc) is 2.20. The molecular formula is C12H20ClF2O2-. The van der Waals surface area contributed by atoms with Crippen LogP contribution in [0.2, 0.25) is 0 Å². The molecule has 0 fully saturated rings. The molecule has 0 bridgehead atoms. The van der Waals surface area contributed by atoms with Gasteiger partial charge in [-0.15, -0.1) is 0 Å². The molecule has 0 heterocycles. The van der Waals surface area contributed by atoms with Gasteiger partial charge in [0.15, 0.2) is 0 Å². The summed E-state index contributed by atoms with van der Waals surface area (Å²) in [6.45, 7) is 0. The summed E-state index contributed by atoms with van der Waals surface area (Å²) in [5.41, 5.74) is 0. The number of carbonyl (C=O) groups is 1. The lowest BCUT2D eigenvalue weighted by atomic mass is 10.1. The first-order valence-corrected chi connectivity index (χ1v) is 5.86. The number of hydrogen-bond donors (Lipinski definition) is 1. The van der Waals surface area contributed by atoms with Crippen molar-refractivity contribution in [2.45, 2.75) is 57.8 Å². The number of rotatable bonds is 10. The Morgan fingerprint density at radius 2 is 1.41 bits per heavy atom. The molecule has 102 valence electrons. The second kappa shape index (κ2) is 13.4. The number of carboxylic acids is 1. The Kier molecular flexibility index (Phi) is 14.8. The number of allylic oxidation sites excluding steroid dienone is 1. The summed E-state index contributed by atoms with van der Waals surface area (Å²) < 4.78 is 23.3. The zero-order chi connectivity index (χ0) is 12.2. The van der Waals surface area contributed by atoms with Crippen molar-refractivity contribution in [3.63, 3.8) is 0 Å². The smallest absolute Gasteiger partial charge is 0.303 e. The Morgan fingerprint density at radius 3 is 1.88 bits per heavy atom. The van der Waals surface area contributed by atoms with Crippen molar-refractivity contribution in [1.29, 1.82) is 0 Å². The fourth-order valence-corrected chi connectivity index (χ4v) is 1.52. The van der Waals surface area contributed by atoms with Crippen LogP contribution in [0, 0.1) is 0 Å². The highest BCUT2D eigenvalue weighted by Gasteiger charge is 1.96. The molecule has 0 spiro atoms. The van der Waals surface area contributed by atoms with E-state index in [-0.39, 0.29) is 18.8 Å².